The smallest absolute Gasteiger partial charge is 0.235 e. The lowest BCUT2D eigenvalue weighted by molar-refractivity contribution is -0.131. The highest BCUT2D eigenvalue weighted by Crippen LogP contribution is 2.37. The number of aromatic nitrogens is 4. The fraction of sp³-hybridized carbons (Fsp3) is 0.842. The topological polar surface area (TPSA) is 93.0 Å². The van der Waals surface area contributed by atoms with Crippen molar-refractivity contribution in [3.8, 4) is 0 Å². The zero-order valence-corrected chi connectivity index (χ0v) is 17.4. The number of amides is 2. The first-order chi connectivity index (χ1) is 13.6. The van der Waals surface area contributed by atoms with Crippen LogP contribution in [0.15, 0.2) is 5.16 Å². The van der Waals surface area contributed by atoms with Crippen LogP contribution in [0.1, 0.15) is 70.8 Å². The van der Waals surface area contributed by atoms with Crippen molar-refractivity contribution in [2.75, 3.05) is 13.1 Å². The van der Waals surface area contributed by atoms with Gasteiger partial charge in [-0.3, -0.25) is 9.59 Å². The number of thioether (sulfide) groups is 1. The zero-order valence-electron chi connectivity index (χ0n) is 16.5. The maximum atomic E-state index is 12.8. The van der Waals surface area contributed by atoms with Crippen molar-refractivity contribution in [1.29, 1.82) is 0 Å². The molecule has 2 saturated carbocycles. The molecule has 2 amide bonds. The molecule has 1 unspecified atom stereocenters. The summed E-state index contributed by atoms with van der Waals surface area (Å²) in [5.41, 5.74) is 0. The molecule has 0 spiro atoms. The van der Waals surface area contributed by atoms with Crippen LogP contribution in [0, 0.1) is 5.92 Å². The minimum Gasteiger partial charge on any atom is -0.353 e. The molecule has 0 bridgehead atoms. The van der Waals surface area contributed by atoms with Crippen molar-refractivity contribution >= 4 is 23.6 Å². The van der Waals surface area contributed by atoms with Gasteiger partial charge in [0.25, 0.3) is 0 Å². The number of likely N-dealkylation sites (tertiary alicyclic amines) is 1. The van der Waals surface area contributed by atoms with Gasteiger partial charge in [-0.1, -0.05) is 31.0 Å². The lowest BCUT2D eigenvalue weighted by atomic mass is 9.88. The summed E-state index contributed by atoms with van der Waals surface area (Å²) in [4.78, 5) is 27.2. The third-order valence-electron chi connectivity index (χ3n) is 6.11. The first-order valence-electron chi connectivity index (χ1n) is 10.7. The van der Waals surface area contributed by atoms with Gasteiger partial charge in [-0.05, 0) is 55.9 Å². The van der Waals surface area contributed by atoms with Gasteiger partial charge in [0.05, 0.1) is 11.3 Å². The van der Waals surface area contributed by atoms with Crippen LogP contribution in [0.5, 0.6) is 0 Å². The average molecular weight is 407 g/mol. The van der Waals surface area contributed by atoms with Crippen LogP contribution in [0.4, 0.5) is 0 Å². The minimum absolute atomic E-state index is 0.132. The number of nitrogens with zero attached hydrogens (tertiary/aromatic N) is 5. The van der Waals surface area contributed by atoms with E-state index in [4.69, 9.17) is 0 Å². The van der Waals surface area contributed by atoms with Gasteiger partial charge >= 0.3 is 0 Å². The number of piperidine rings is 1. The summed E-state index contributed by atoms with van der Waals surface area (Å²) >= 11 is 1.44. The quantitative estimate of drug-likeness (QED) is 0.728. The number of nitrogens with one attached hydrogen (secondary N) is 1. The average Bonchev–Trinajstić information content (AvgIpc) is 3.47. The molecule has 4 rings (SSSR count). The van der Waals surface area contributed by atoms with Gasteiger partial charge in [0.1, 0.15) is 0 Å². The fourth-order valence-electron chi connectivity index (χ4n) is 4.20. The van der Waals surface area contributed by atoms with Crippen LogP contribution >= 0.6 is 11.8 Å². The molecule has 1 aliphatic heterocycles. The van der Waals surface area contributed by atoms with Crippen molar-refractivity contribution in [1.82, 2.24) is 30.4 Å². The van der Waals surface area contributed by atoms with Crippen molar-refractivity contribution < 1.29 is 9.59 Å². The molecule has 1 aromatic heterocycles. The second kappa shape index (κ2) is 8.80. The van der Waals surface area contributed by atoms with E-state index in [9.17, 15) is 9.59 Å². The Bertz CT molecular complexity index is 692. The van der Waals surface area contributed by atoms with Gasteiger partial charge in [0, 0.05) is 25.0 Å². The Morgan fingerprint density at radius 3 is 2.46 bits per heavy atom. The van der Waals surface area contributed by atoms with E-state index < -0.39 is 0 Å². The Morgan fingerprint density at radius 2 is 1.79 bits per heavy atom. The van der Waals surface area contributed by atoms with E-state index in [0.717, 1.165) is 43.7 Å². The number of rotatable bonds is 6. The van der Waals surface area contributed by atoms with Gasteiger partial charge in [0.15, 0.2) is 0 Å². The molecule has 154 valence electrons. The molecule has 2 aliphatic carbocycles. The molecule has 2 heterocycles. The third-order valence-corrected chi connectivity index (χ3v) is 7.15. The number of tetrazole rings is 1. The summed E-state index contributed by atoms with van der Waals surface area (Å²) in [7, 11) is 0. The van der Waals surface area contributed by atoms with Crippen LogP contribution < -0.4 is 5.32 Å². The van der Waals surface area contributed by atoms with Crippen molar-refractivity contribution in [3.05, 3.63) is 0 Å². The van der Waals surface area contributed by atoms with Crippen LogP contribution in [0.3, 0.4) is 0 Å². The van der Waals surface area contributed by atoms with Crippen molar-refractivity contribution in [2.24, 2.45) is 5.92 Å². The zero-order chi connectivity index (χ0) is 19.5. The molecule has 3 fully saturated rings. The third kappa shape index (κ3) is 4.67. The maximum Gasteiger partial charge on any atom is 0.235 e. The summed E-state index contributed by atoms with van der Waals surface area (Å²) in [5, 5.41) is 15.6. The SMILES string of the molecule is CC(Sc1nnnn1C1CC1)C(=O)N1CCC(NC(=O)C2CCCCC2)CC1. The minimum atomic E-state index is -0.211. The van der Waals surface area contributed by atoms with Gasteiger partial charge in [0.2, 0.25) is 17.0 Å². The number of hydrogen-bond acceptors (Lipinski definition) is 6. The molecule has 1 saturated heterocycles. The molecular weight excluding hydrogens is 376 g/mol. The predicted octanol–water partition coefficient (Wildman–Crippen LogP) is 2.18. The van der Waals surface area contributed by atoms with Gasteiger partial charge in [-0.2, -0.15) is 0 Å². The summed E-state index contributed by atoms with van der Waals surface area (Å²) in [5.74, 6) is 0.551. The first kappa shape index (κ1) is 19.7. The van der Waals surface area contributed by atoms with Crippen molar-refractivity contribution in [2.45, 2.75) is 87.2 Å². The summed E-state index contributed by atoms with van der Waals surface area (Å²) < 4.78 is 1.85. The van der Waals surface area contributed by atoms with Crippen LogP contribution in [0.25, 0.3) is 0 Å². The normalized spacial score (nSPS) is 22.8. The summed E-state index contributed by atoms with van der Waals surface area (Å²) in [6.45, 7) is 3.33. The second-order valence-electron chi connectivity index (χ2n) is 8.34. The van der Waals surface area contributed by atoms with E-state index in [1.54, 1.807) is 0 Å². The second-order valence-corrected chi connectivity index (χ2v) is 9.65. The lowest BCUT2D eigenvalue weighted by Gasteiger charge is -2.34. The largest absolute Gasteiger partial charge is 0.353 e. The highest BCUT2D eigenvalue weighted by Gasteiger charge is 2.32. The Balaban J connectivity index is 1.23. The lowest BCUT2D eigenvalue weighted by Crippen LogP contribution is -2.49. The molecule has 0 aromatic carbocycles. The van der Waals surface area contributed by atoms with Crippen LogP contribution in [0.2, 0.25) is 0 Å². The summed E-state index contributed by atoms with van der Waals surface area (Å²) in [6, 6.07) is 0.604. The standard InChI is InChI=1S/C19H30N6O2S/c1-13(28-19-21-22-23-25(19)16-7-8-16)18(27)24-11-9-15(10-12-24)20-17(26)14-5-3-2-4-6-14/h13-16H,2-12H2,1H3,(H,20,26). The number of carbonyl (C=O) groups is 2. The van der Waals surface area contributed by atoms with E-state index >= 15 is 0 Å². The monoisotopic (exact) mass is 406 g/mol. The Labute approximate surface area is 170 Å². The molecule has 1 aromatic rings. The predicted molar refractivity (Wildman–Crippen MR) is 106 cm³/mol. The molecule has 8 nitrogen and oxygen atoms in total. The van der Waals surface area contributed by atoms with Gasteiger partial charge in [-0.15, -0.1) is 5.10 Å². The van der Waals surface area contributed by atoms with Gasteiger partial charge in [-0.25, -0.2) is 4.68 Å². The van der Waals surface area contributed by atoms with E-state index in [2.05, 4.69) is 20.8 Å². The van der Waals surface area contributed by atoms with Crippen molar-refractivity contribution in [3.63, 3.8) is 0 Å². The molecule has 28 heavy (non-hydrogen) atoms. The van der Waals surface area contributed by atoms with Gasteiger partial charge < -0.3 is 10.2 Å². The number of carbonyl (C=O) groups excluding carboxylic acids is 2. The molecule has 9 heteroatoms. The Morgan fingerprint density at radius 1 is 1.07 bits per heavy atom. The first-order valence-corrected chi connectivity index (χ1v) is 11.5. The fourth-order valence-corrected chi connectivity index (χ4v) is 5.15. The molecule has 1 atom stereocenters. The van der Waals surface area contributed by atoms with E-state index in [1.807, 2.05) is 16.5 Å². The summed E-state index contributed by atoms with van der Waals surface area (Å²) in [6.07, 6.45) is 9.55. The van der Waals surface area contributed by atoms with E-state index in [-0.39, 0.29) is 29.0 Å². The number of hydrogen-bond donors (Lipinski definition) is 1. The molecule has 1 N–H and O–H groups in total. The maximum absolute atomic E-state index is 12.8. The molecule has 0 radical (unpaired) electrons. The van der Waals surface area contributed by atoms with E-state index in [1.165, 1.54) is 31.0 Å². The highest BCUT2D eigenvalue weighted by molar-refractivity contribution is 8.00. The van der Waals surface area contributed by atoms with Crippen LogP contribution in [-0.4, -0.2) is 61.3 Å². The highest BCUT2D eigenvalue weighted by atomic mass is 32.2. The molecular formula is C19H30N6O2S. The Kier molecular flexibility index (Phi) is 6.18. The Hall–Kier alpha value is -1.64. The molecule has 3 aliphatic rings. The van der Waals surface area contributed by atoms with Crippen LogP contribution in [-0.2, 0) is 9.59 Å². The van der Waals surface area contributed by atoms with E-state index in [0.29, 0.717) is 19.1 Å².